The van der Waals surface area contributed by atoms with Crippen LogP contribution in [0.4, 0.5) is 0 Å². The first kappa shape index (κ1) is 12.1. The van der Waals surface area contributed by atoms with Crippen molar-refractivity contribution < 1.29 is 4.74 Å². The molecule has 100 valence electrons. The fraction of sp³-hybridized carbons (Fsp3) is 0.846. The van der Waals surface area contributed by atoms with Crippen molar-refractivity contribution >= 4 is 0 Å². The van der Waals surface area contributed by atoms with Gasteiger partial charge in [-0.05, 0) is 12.8 Å². The predicted octanol–water partition coefficient (Wildman–Crippen LogP) is 1.00. The highest BCUT2D eigenvalue weighted by atomic mass is 16.5. The maximum Gasteiger partial charge on any atom is 0.154 e. The lowest BCUT2D eigenvalue weighted by Gasteiger charge is -2.22. The van der Waals surface area contributed by atoms with E-state index < -0.39 is 0 Å². The van der Waals surface area contributed by atoms with E-state index in [0.717, 1.165) is 37.8 Å². The van der Waals surface area contributed by atoms with Crippen LogP contribution in [0.3, 0.4) is 0 Å². The van der Waals surface area contributed by atoms with Crippen LogP contribution in [0.15, 0.2) is 0 Å². The summed E-state index contributed by atoms with van der Waals surface area (Å²) in [6.45, 7) is 2.69. The van der Waals surface area contributed by atoms with E-state index in [1.165, 1.54) is 25.7 Å². The van der Waals surface area contributed by atoms with Gasteiger partial charge in [-0.25, -0.2) is 4.98 Å². The molecular weight excluding hydrogens is 228 g/mol. The van der Waals surface area contributed by atoms with Crippen LogP contribution in [-0.4, -0.2) is 40.6 Å². The van der Waals surface area contributed by atoms with Gasteiger partial charge in [-0.2, -0.15) is 5.10 Å². The summed E-state index contributed by atoms with van der Waals surface area (Å²) in [6.07, 6.45) is 6.28. The molecule has 1 aromatic heterocycles. The van der Waals surface area contributed by atoms with Crippen LogP contribution in [0.25, 0.3) is 0 Å². The van der Waals surface area contributed by atoms with Gasteiger partial charge in [0, 0.05) is 32.5 Å². The van der Waals surface area contributed by atoms with Crippen LogP contribution in [0.2, 0.25) is 0 Å². The molecule has 5 heteroatoms. The number of ether oxygens (including phenoxy) is 1. The highest BCUT2D eigenvalue weighted by molar-refractivity contribution is 5.02. The van der Waals surface area contributed by atoms with Crippen molar-refractivity contribution in [3.8, 4) is 0 Å². The topological polar surface area (TPSA) is 52.0 Å². The largest absolute Gasteiger partial charge is 0.375 e. The molecule has 1 saturated heterocycles. The lowest BCUT2D eigenvalue weighted by molar-refractivity contribution is 0.0275. The first-order valence-electron chi connectivity index (χ1n) is 7.05. The second-order valence-electron chi connectivity index (χ2n) is 5.39. The van der Waals surface area contributed by atoms with Gasteiger partial charge >= 0.3 is 0 Å². The van der Waals surface area contributed by atoms with Gasteiger partial charge in [-0.1, -0.05) is 12.8 Å². The number of morpholine rings is 1. The monoisotopic (exact) mass is 250 g/mol. The van der Waals surface area contributed by atoms with Gasteiger partial charge in [0.15, 0.2) is 5.82 Å². The van der Waals surface area contributed by atoms with Crippen molar-refractivity contribution in [1.82, 2.24) is 20.1 Å². The number of aryl methyl sites for hydroxylation is 1. The molecule has 3 rings (SSSR count). The minimum atomic E-state index is 0.248. The van der Waals surface area contributed by atoms with Gasteiger partial charge in [0.1, 0.15) is 5.82 Å². The average molecular weight is 250 g/mol. The van der Waals surface area contributed by atoms with Gasteiger partial charge in [0.2, 0.25) is 0 Å². The second kappa shape index (κ2) is 5.36. The zero-order valence-corrected chi connectivity index (χ0v) is 11.1. The van der Waals surface area contributed by atoms with E-state index in [0.29, 0.717) is 5.92 Å². The SMILES string of the molecule is Cn1nc(C2CCCC2)nc1CC1CNCCO1. The van der Waals surface area contributed by atoms with Gasteiger partial charge in [0.25, 0.3) is 0 Å². The summed E-state index contributed by atoms with van der Waals surface area (Å²) < 4.78 is 7.66. The standard InChI is InChI=1S/C13H22N4O/c1-17-12(8-11-9-14-6-7-18-11)15-13(16-17)10-4-2-3-5-10/h10-11,14H,2-9H2,1H3. The number of aromatic nitrogens is 3. The third-order valence-electron chi connectivity index (χ3n) is 4.00. The van der Waals surface area contributed by atoms with Crippen molar-refractivity contribution in [2.75, 3.05) is 19.7 Å². The molecule has 1 aliphatic carbocycles. The lowest BCUT2D eigenvalue weighted by Crippen LogP contribution is -2.40. The number of nitrogens with one attached hydrogen (secondary N) is 1. The Morgan fingerprint density at radius 1 is 1.39 bits per heavy atom. The predicted molar refractivity (Wildman–Crippen MR) is 68.5 cm³/mol. The maximum atomic E-state index is 5.73. The van der Waals surface area contributed by atoms with Crippen LogP contribution < -0.4 is 5.32 Å². The molecule has 0 aromatic carbocycles. The molecule has 1 saturated carbocycles. The molecule has 1 N–H and O–H groups in total. The van der Waals surface area contributed by atoms with Crippen LogP contribution in [0, 0.1) is 0 Å². The van der Waals surface area contributed by atoms with Crippen LogP contribution in [0.1, 0.15) is 43.3 Å². The Morgan fingerprint density at radius 3 is 2.94 bits per heavy atom. The number of nitrogens with zero attached hydrogens (tertiary/aromatic N) is 3. The molecule has 2 aliphatic rings. The highest BCUT2D eigenvalue weighted by Gasteiger charge is 2.23. The van der Waals surface area contributed by atoms with Crippen LogP contribution >= 0.6 is 0 Å². The Balaban J connectivity index is 1.67. The van der Waals surface area contributed by atoms with Crippen molar-refractivity contribution in [1.29, 1.82) is 0 Å². The summed E-state index contributed by atoms with van der Waals surface area (Å²) in [6, 6.07) is 0. The minimum absolute atomic E-state index is 0.248. The second-order valence-corrected chi connectivity index (χ2v) is 5.39. The smallest absolute Gasteiger partial charge is 0.154 e. The Hall–Kier alpha value is -0.940. The first-order chi connectivity index (χ1) is 8.83. The number of hydrogen-bond donors (Lipinski definition) is 1. The molecule has 5 nitrogen and oxygen atoms in total. The quantitative estimate of drug-likeness (QED) is 0.869. The van der Waals surface area contributed by atoms with Gasteiger partial charge < -0.3 is 10.1 Å². The molecule has 0 spiro atoms. The maximum absolute atomic E-state index is 5.73. The zero-order chi connectivity index (χ0) is 12.4. The summed E-state index contributed by atoms with van der Waals surface area (Å²) in [5.41, 5.74) is 0. The summed E-state index contributed by atoms with van der Waals surface area (Å²) in [5.74, 6) is 2.70. The summed E-state index contributed by atoms with van der Waals surface area (Å²) in [4.78, 5) is 4.73. The Morgan fingerprint density at radius 2 is 2.22 bits per heavy atom. The molecule has 1 unspecified atom stereocenters. The van der Waals surface area contributed by atoms with E-state index in [1.54, 1.807) is 0 Å². The average Bonchev–Trinajstić information content (AvgIpc) is 3.01. The molecule has 1 aromatic rings. The van der Waals surface area contributed by atoms with Gasteiger partial charge in [-0.3, -0.25) is 4.68 Å². The van der Waals surface area contributed by atoms with E-state index in [2.05, 4.69) is 10.4 Å². The fourth-order valence-electron chi connectivity index (χ4n) is 2.93. The van der Waals surface area contributed by atoms with E-state index >= 15 is 0 Å². The first-order valence-corrected chi connectivity index (χ1v) is 7.05. The lowest BCUT2D eigenvalue weighted by atomic mass is 10.1. The van der Waals surface area contributed by atoms with Crippen molar-refractivity contribution in [2.45, 2.75) is 44.1 Å². The van der Waals surface area contributed by atoms with Gasteiger partial charge in [-0.15, -0.1) is 0 Å². The zero-order valence-electron chi connectivity index (χ0n) is 11.1. The normalized spacial score (nSPS) is 25.7. The van der Waals surface area contributed by atoms with E-state index in [1.807, 2.05) is 11.7 Å². The molecule has 2 fully saturated rings. The fourth-order valence-corrected chi connectivity index (χ4v) is 2.93. The van der Waals surface area contributed by atoms with Crippen LogP contribution in [0.5, 0.6) is 0 Å². The van der Waals surface area contributed by atoms with Gasteiger partial charge in [0.05, 0.1) is 12.7 Å². The van der Waals surface area contributed by atoms with E-state index in [-0.39, 0.29) is 6.10 Å². The summed E-state index contributed by atoms with van der Waals surface area (Å²) in [7, 11) is 2.00. The Labute approximate surface area is 108 Å². The van der Waals surface area contributed by atoms with Crippen molar-refractivity contribution in [2.24, 2.45) is 7.05 Å². The molecule has 0 bridgehead atoms. The molecule has 0 amide bonds. The number of rotatable bonds is 3. The molecule has 0 radical (unpaired) electrons. The van der Waals surface area contributed by atoms with E-state index in [9.17, 15) is 0 Å². The summed E-state index contributed by atoms with van der Waals surface area (Å²) in [5, 5.41) is 7.94. The molecule has 2 heterocycles. The highest BCUT2D eigenvalue weighted by Crippen LogP contribution is 2.32. The molecular formula is C13H22N4O. The van der Waals surface area contributed by atoms with Crippen LogP contribution in [-0.2, 0) is 18.2 Å². The third kappa shape index (κ3) is 2.57. The Kier molecular flexibility index (Phi) is 3.61. The van der Waals surface area contributed by atoms with Crippen molar-refractivity contribution in [3.63, 3.8) is 0 Å². The third-order valence-corrected chi connectivity index (χ3v) is 4.00. The minimum Gasteiger partial charge on any atom is -0.375 e. The molecule has 18 heavy (non-hydrogen) atoms. The number of hydrogen-bond acceptors (Lipinski definition) is 4. The molecule has 1 aliphatic heterocycles. The summed E-state index contributed by atoms with van der Waals surface area (Å²) >= 11 is 0. The Bertz CT molecular complexity index is 392. The van der Waals surface area contributed by atoms with E-state index in [4.69, 9.17) is 9.72 Å². The molecule has 1 atom stereocenters. The van der Waals surface area contributed by atoms with Crippen molar-refractivity contribution in [3.05, 3.63) is 11.6 Å².